The average Bonchev–Trinajstić information content (AvgIpc) is 2.68. The first-order valence-corrected chi connectivity index (χ1v) is 7.33. The van der Waals surface area contributed by atoms with Gasteiger partial charge in [0.15, 0.2) is 9.84 Å². The minimum absolute atomic E-state index is 0.213. The molecule has 0 amide bonds. The van der Waals surface area contributed by atoms with Gasteiger partial charge < -0.3 is 4.57 Å². The van der Waals surface area contributed by atoms with Crippen LogP contribution in [0.25, 0.3) is 0 Å². The molecule has 0 atom stereocenters. The first-order chi connectivity index (χ1) is 8.87. The van der Waals surface area contributed by atoms with Gasteiger partial charge in [-0.05, 0) is 18.6 Å². The molecule has 0 aromatic carbocycles. The van der Waals surface area contributed by atoms with E-state index in [9.17, 15) is 13.2 Å². The maximum absolute atomic E-state index is 12.0. The monoisotopic (exact) mass is 283 g/mol. The standard InChI is InChI=1S/C11H13N3O4S/c1-8-10(13-18-12-8)7-19(16,17)6-9-3-4-14(2)11(15)5-9/h3-5H,6-7H2,1-2H3. The van der Waals surface area contributed by atoms with Crippen molar-refractivity contribution in [3.63, 3.8) is 0 Å². The van der Waals surface area contributed by atoms with Crippen molar-refractivity contribution in [3.05, 3.63) is 45.6 Å². The van der Waals surface area contributed by atoms with Gasteiger partial charge >= 0.3 is 0 Å². The Morgan fingerprint density at radius 3 is 2.63 bits per heavy atom. The van der Waals surface area contributed by atoms with Gasteiger partial charge in [0.05, 0.1) is 11.5 Å². The van der Waals surface area contributed by atoms with Crippen LogP contribution < -0.4 is 5.56 Å². The highest BCUT2D eigenvalue weighted by Crippen LogP contribution is 2.11. The molecule has 0 N–H and O–H groups in total. The van der Waals surface area contributed by atoms with E-state index < -0.39 is 9.84 Å². The largest absolute Gasteiger partial charge is 0.319 e. The van der Waals surface area contributed by atoms with Crippen molar-refractivity contribution >= 4 is 9.84 Å². The van der Waals surface area contributed by atoms with Crippen LogP contribution in [0.3, 0.4) is 0 Å². The van der Waals surface area contributed by atoms with Gasteiger partial charge in [-0.3, -0.25) is 4.79 Å². The second-order valence-electron chi connectivity index (χ2n) is 4.31. The summed E-state index contributed by atoms with van der Waals surface area (Å²) in [6, 6.07) is 2.91. The third-order valence-electron chi connectivity index (χ3n) is 2.66. The topological polar surface area (TPSA) is 95.1 Å². The van der Waals surface area contributed by atoms with Crippen molar-refractivity contribution in [1.29, 1.82) is 0 Å². The fourth-order valence-electron chi connectivity index (χ4n) is 1.57. The van der Waals surface area contributed by atoms with Crippen LogP contribution in [-0.2, 0) is 28.4 Å². The van der Waals surface area contributed by atoms with Gasteiger partial charge in [-0.1, -0.05) is 10.3 Å². The summed E-state index contributed by atoms with van der Waals surface area (Å²) in [5.74, 6) is -0.465. The lowest BCUT2D eigenvalue weighted by Gasteiger charge is -2.03. The molecule has 19 heavy (non-hydrogen) atoms. The van der Waals surface area contributed by atoms with Crippen LogP contribution in [0.15, 0.2) is 27.8 Å². The van der Waals surface area contributed by atoms with E-state index in [0.717, 1.165) is 0 Å². The van der Waals surface area contributed by atoms with Gasteiger partial charge in [-0.15, -0.1) is 0 Å². The van der Waals surface area contributed by atoms with Crippen LogP contribution in [0.4, 0.5) is 0 Å². The Hall–Kier alpha value is -1.96. The Labute approximate surface area is 109 Å². The van der Waals surface area contributed by atoms with Gasteiger partial charge in [0, 0.05) is 19.3 Å². The van der Waals surface area contributed by atoms with E-state index in [1.165, 1.54) is 16.8 Å². The number of sulfone groups is 1. The summed E-state index contributed by atoms with van der Waals surface area (Å²) < 4.78 is 29.8. The molecule has 2 aromatic heterocycles. The van der Waals surface area contributed by atoms with E-state index in [4.69, 9.17) is 0 Å². The number of aromatic nitrogens is 3. The number of rotatable bonds is 4. The Bertz CT molecular complexity index is 745. The van der Waals surface area contributed by atoms with E-state index in [1.54, 1.807) is 20.0 Å². The molecule has 0 saturated carbocycles. The van der Waals surface area contributed by atoms with Gasteiger partial charge in [0.1, 0.15) is 11.4 Å². The fourth-order valence-corrected chi connectivity index (χ4v) is 3.04. The van der Waals surface area contributed by atoms with Gasteiger partial charge in [-0.2, -0.15) is 0 Å². The predicted octanol–water partition coefficient (Wildman–Crippen LogP) is 0.192. The fraction of sp³-hybridized carbons (Fsp3) is 0.364. The quantitative estimate of drug-likeness (QED) is 0.795. The number of hydrogen-bond acceptors (Lipinski definition) is 6. The summed E-state index contributed by atoms with van der Waals surface area (Å²) in [6.07, 6.45) is 1.54. The highest BCUT2D eigenvalue weighted by Gasteiger charge is 2.18. The summed E-state index contributed by atoms with van der Waals surface area (Å²) in [5, 5.41) is 7.07. The SMILES string of the molecule is Cc1nonc1CS(=O)(=O)Cc1ccn(C)c(=O)c1. The molecule has 0 bridgehead atoms. The molecule has 0 aliphatic rings. The van der Waals surface area contributed by atoms with Crippen LogP contribution in [0.2, 0.25) is 0 Å². The highest BCUT2D eigenvalue weighted by molar-refractivity contribution is 7.89. The van der Waals surface area contributed by atoms with Crippen molar-refractivity contribution < 1.29 is 13.0 Å². The van der Waals surface area contributed by atoms with Crippen molar-refractivity contribution in [2.24, 2.45) is 7.05 Å². The first kappa shape index (κ1) is 13.5. The van der Waals surface area contributed by atoms with E-state index >= 15 is 0 Å². The Morgan fingerprint density at radius 2 is 2.05 bits per heavy atom. The zero-order chi connectivity index (χ0) is 14.0. The maximum atomic E-state index is 12.0. The predicted molar refractivity (Wildman–Crippen MR) is 67.0 cm³/mol. The highest BCUT2D eigenvalue weighted by atomic mass is 32.2. The number of pyridine rings is 1. The summed E-state index contributed by atoms with van der Waals surface area (Å²) in [5.41, 5.74) is 0.959. The lowest BCUT2D eigenvalue weighted by molar-refractivity contribution is 0.302. The molecule has 2 aromatic rings. The molecule has 0 aliphatic carbocycles. The zero-order valence-electron chi connectivity index (χ0n) is 10.5. The third-order valence-corrected chi connectivity index (χ3v) is 4.14. The number of nitrogens with zero attached hydrogens (tertiary/aromatic N) is 3. The van der Waals surface area contributed by atoms with E-state index in [-0.39, 0.29) is 17.1 Å². The Balaban J connectivity index is 2.19. The smallest absolute Gasteiger partial charge is 0.250 e. The third kappa shape index (κ3) is 3.28. The number of hydrogen-bond donors (Lipinski definition) is 0. The van der Waals surface area contributed by atoms with E-state index in [0.29, 0.717) is 17.0 Å². The van der Waals surface area contributed by atoms with E-state index in [1.807, 2.05) is 0 Å². The molecular weight excluding hydrogens is 270 g/mol. The minimum atomic E-state index is -3.42. The van der Waals surface area contributed by atoms with E-state index in [2.05, 4.69) is 14.9 Å². The van der Waals surface area contributed by atoms with Crippen LogP contribution in [0, 0.1) is 6.92 Å². The van der Waals surface area contributed by atoms with Gasteiger partial charge in [-0.25, -0.2) is 13.0 Å². The zero-order valence-corrected chi connectivity index (χ0v) is 11.3. The number of aryl methyl sites for hydroxylation is 2. The summed E-state index contributed by atoms with van der Waals surface area (Å²) in [4.78, 5) is 11.4. The first-order valence-electron chi connectivity index (χ1n) is 5.51. The lowest BCUT2D eigenvalue weighted by Crippen LogP contribution is -2.17. The van der Waals surface area contributed by atoms with Crippen LogP contribution in [-0.4, -0.2) is 23.3 Å². The van der Waals surface area contributed by atoms with Crippen LogP contribution in [0.5, 0.6) is 0 Å². The lowest BCUT2D eigenvalue weighted by atomic mass is 10.3. The second kappa shape index (κ2) is 4.96. The molecule has 0 saturated heterocycles. The molecule has 2 rings (SSSR count). The molecule has 0 radical (unpaired) electrons. The van der Waals surface area contributed by atoms with Gasteiger partial charge in [0.2, 0.25) is 0 Å². The Morgan fingerprint density at radius 1 is 1.32 bits per heavy atom. The molecule has 0 aliphatic heterocycles. The van der Waals surface area contributed by atoms with Gasteiger partial charge in [0.25, 0.3) is 5.56 Å². The van der Waals surface area contributed by atoms with Crippen LogP contribution >= 0.6 is 0 Å². The van der Waals surface area contributed by atoms with Crippen molar-refractivity contribution in [2.75, 3.05) is 0 Å². The average molecular weight is 283 g/mol. The second-order valence-corrected chi connectivity index (χ2v) is 6.38. The summed E-state index contributed by atoms with van der Waals surface area (Å²) >= 11 is 0. The molecule has 0 unspecified atom stereocenters. The van der Waals surface area contributed by atoms with Crippen molar-refractivity contribution in [1.82, 2.24) is 14.9 Å². The van der Waals surface area contributed by atoms with Crippen LogP contribution in [0.1, 0.15) is 17.0 Å². The molecule has 0 fully saturated rings. The summed E-state index contributed by atoms with van der Waals surface area (Å²) in [7, 11) is -1.82. The Kier molecular flexibility index (Phi) is 3.52. The van der Waals surface area contributed by atoms with Crippen molar-refractivity contribution in [2.45, 2.75) is 18.4 Å². The molecule has 8 heteroatoms. The molecule has 102 valence electrons. The molecular formula is C11H13N3O4S. The molecule has 0 spiro atoms. The maximum Gasteiger partial charge on any atom is 0.250 e. The normalized spacial score (nSPS) is 11.7. The summed E-state index contributed by atoms with van der Waals surface area (Å²) in [6.45, 7) is 1.62. The van der Waals surface area contributed by atoms with Crippen molar-refractivity contribution in [3.8, 4) is 0 Å². The minimum Gasteiger partial charge on any atom is -0.319 e. The molecule has 7 nitrogen and oxygen atoms in total. The molecule has 2 heterocycles.